The summed E-state index contributed by atoms with van der Waals surface area (Å²) in [6.07, 6.45) is 1.23. The monoisotopic (exact) mass is 206 g/mol. The van der Waals surface area contributed by atoms with Crippen LogP contribution in [0.1, 0.15) is 12.8 Å². The van der Waals surface area contributed by atoms with Gasteiger partial charge in [0.05, 0.1) is 0 Å². The molecule has 1 fully saturated rings. The Morgan fingerprint density at radius 1 is 1.47 bits per heavy atom. The van der Waals surface area contributed by atoms with E-state index in [1.807, 2.05) is 0 Å². The summed E-state index contributed by atoms with van der Waals surface area (Å²) in [5.41, 5.74) is 6.52. The number of carbonyl (C=O) groups excluding carboxylic acids is 1. The lowest BCUT2D eigenvalue weighted by Crippen LogP contribution is -2.46. The van der Waals surface area contributed by atoms with Crippen LogP contribution < -0.4 is 10.6 Å². The van der Waals surface area contributed by atoms with Crippen molar-refractivity contribution in [2.75, 3.05) is 11.4 Å². The summed E-state index contributed by atoms with van der Waals surface area (Å²) in [6, 6.07) is 6.71. The number of phenols is 1. The van der Waals surface area contributed by atoms with Crippen LogP contribution in [0, 0.1) is 0 Å². The minimum Gasteiger partial charge on any atom is -0.508 e. The second kappa shape index (κ2) is 3.90. The third-order valence-corrected chi connectivity index (χ3v) is 2.59. The molecule has 1 unspecified atom stereocenters. The standard InChI is InChI=1S/C11H14N2O2/c12-8-4-5-11(15)13(7-8)9-2-1-3-10(14)6-9/h1-3,6,8,14H,4-5,7,12H2. The van der Waals surface area contributed by atoms with Crippen molar-refractivity contribution in [3.05, 3.63) is 24.3 Å². The molecular formula is C11H14N2O2. The molecule has 1 amide bonds. The highest BCUT2D eigenvalue weighted by atomic mass is 16.3. The van der Waals surface area contributed by atoms with Gasteiger partial charge in [-0.25, -0.2) is 0 Å². The van der Waals surface area contributed by atoms with Gasteiger partial charge >= 0.3 is 0 Å². The molecule has 1 atom stereocenters. The van der Waals surface area contributed by atoms with E-state index in [0.717, 1.165) is 12.1 Å². The van der Waals surface area contributed by atoms with Crippen molar-refractivity contribution in [2.24, 2.45) is 5.73 Å². The zero-order valence-electron chi connectivity index (χ0n) is 8.39. The Morgan fingerprint density at radius 2 is 2.27 bits per heavy atom. The maximum Gasteiger partial charge on any atom is 0.227 e. The van der Waals surface area contributed by atoms with Crippen LogP contribution >= 0.6 is 0 Å². The quantitative estimate of drug-likeness (QED) is 0.715. The van der Waals surface area contributed by atoms with E-state index in [9.17, 15) is 9.90 Å². The molecule has 3 N–H and O–H groups in total. The molecule has 0 spiro atoms. The van der Waals surface area contributed by atoms with E-state index in [4.69, 9.17) is 5.73 Å². The first kappa shape index (κ1) is 9.98. The summed E-state index contributed by atoms with van der Waals surface area (Å²) >= 11 is 0. The summed E-state index contributed by atoms with van der Waals surface area (Å²) in [6.45, 7) is 0.530. The average molecular weight is 206 g/mol. The highest BCUT2D eigenvalue weighted by molar-refractivity contribution is 5.94. The number of hydrogen-bond donors (Lipinski definition) is 2. The molecule has 1 aromatic carbocycles. The molecule has 1 aliphatic heterocycles. The lowest BCUT2D eigenvalue weighted by Gasteiger charge is -2.30. The molecule has 1 saturated heterocycles. The number of rotatable bonds is 1. The number of piperidine rings is 1. The third kappa shape index (κ3) is 2.10. The van der Waals surface area contributed by atoms with Gasteiger partial charge in [-0.2, -0.15) is 0 Å². The minimum absolute atomic E-state index is 0.0325. The molecule has 0 aromatic heterocycles. The molecule has 2 rings (SSSR count). The van der Waals surface area contributed by atoms with E-state index in [-0.39, 0.29) is 17.7 Å². The van der Waals surface area contributed by atoms with Crippen LogP contribution in [-0.2, 0) is 4.79 Å². The number of phenolic OH excluding ortho intramolecular Hbond substituents is 1. The fraction of sp³-hybridized carbons (Fsp3) is 0.364. The number of anilines is 1. The minimum atomic E-state index is 0.0325. The van der Waals surface area contributed by atoms with Gasteiger partial charge in [-0.05, 0) is 18.6 Å². The molecule has 80 valence electrons. The van der Waals surface area contributed by atoms with Gasteiger partial charge in [-0.1, -0.05) is 6.07 Å². The van der Waals surface area contributed by atoms with Gasteiger partial charge in [-0.15, -0.1) is 0 Å². The zero-order valence-corrected chi connectivity index (χ0v) is 8.39. The molecule has 0 aliphatic carbocycles. The Kier molecular flexibility index (Phi) is 2.60. The van der Waals surface area contributed by atoms with Crippen LogP contribution in [0.5, 0.6) is 5.75 Å². The summed E-state index contributed by atoms with van der Waals surface area (Å²) in [5, 5.41) is 9.33. The fourth-order valence-electron chi connectivity index (χ4n) is 1.78. The van der Waals surface area contributed by atoms with Gasteiger partial charge < -0.3 is 15.7 Å². The molecule has 1 heterocycles. The summed E-state index contributed by atoms with van der Waals surface area (Å²) < 4.78 is 0. The SMILES string of the molecule is NC1CCC(=O)N(c2cccc(O)c2)C1. The summed E-state index contributed by atoms with van der Waals surface area (Å²) in [7, 11) is 0. The fourth-order valence-corrected chi connectivity index (χ4v) is 1.78. The van der Waals surface area contributed by atoms with Crippen LogP contribution in [0.15, 0.2) is 24.3 Å². The van der Waals surface area contributed by atoms with E-state index in [1.165, 1.54) is 0 Å². The molecule has 4 nitrogen and oxygen atoms in total. The van der Waals surface area contributed by atoms with E-state index < -0.39 is 0 Å². The second-order valence-corrected chi connectivity index (χ2v) is 3.82. The zero-order chi connectivity index (χ0) is 10.8. The predicted molar refractivity (Wildman–Crippen MR) is 57.7 cm³/mol. The molecule has 0 radical (unpaired) electrons. The summed E-state index contributed by atoms with van der Waals surface area (Å²) in [4.78, 5) is 13.3. The van der Waals surface area contributed by atoms with Gasteiger partial charge in [0.2, 0.25) is 5.91 Å². The molecule has 1 aromatic rings. The Balaban J connectivity index is 2.25. The van der Waals surface area contributed by atoms with Gasteiger partial charge in [0.25, 0.3) is 0 Å². The number of carbonyl (C=O) groups is 1. The molecule has 0 bridgehead atoms. The lowest BCUT2D eigenvalue weighted by molar-refractivity contribution is -0.119. The molecule has 0 saturated carbocycles. The number of aromatic hydroxyl groups is 1. The van der Waals surface area contributed by atoms with Crippen LogP contribution in [0.3, 0.4) is 0 Å². The first-order chi connectivity index (χ1) is 7.16. The maximum atomic E-state index is 11.6. The molecule has 15 heavy (non-hydrogen) atoms. The van der Waals surface area contributed by atoms with E-state index >= 15 is 0 Å². The first-order valence-electron chi connectivity index (χ1n) is 5.02. The van der Waals surface area contributed by atoms with Crippen LogP contribution in [0.25, 0.3) is 0 Å². The number of hydrogen-bond acceptors (Lipinski definition) is 3. The number of nitrogens with zero attached hydrogens (tertiary/aromatic N) is 1. The van der Waals surface area contributed by atoms with Gasteiger partial charge in [0.15, 0.2) is 0 Å². The predicted octanol–water partition coefficient (Wildman–Crippen LogP) is 0.846. The smallest absolute Gasteiger partial charge is 0.227 e. The van der Waals surface area contributed by atoms with Crippen LogP contribution in [0.2, 0.25) is 0 Å². The van der Waals surface area contributed by atoms with Crippen molar-refractivity contribution < 1.29 is 9.90 Å². The van der Waals surface area contributed by atoms with Crippen molar-refractivity contribution in [3.8, 4) is 5.75 Å². The second-order valence-electron chi connectivity index (χ2n) is 3.82. The normalized spacial score (nSPS) is 21.8. The van der Waals surface area contributed by atoms with Crippen LogP contribution in [0.4, 0.5) is 5.69 Å². The van der Waals surface area contributed by atoms with Crippen molar-refractivity contribution in [1.29, 1.82) is 0 Å². The molecule has 1 aliphatic rings. The molecule has 4 heteroatoms. The number of nitrogens with two attached hydrogens (primary N) is 1. The number of benzene rings is 1. The van der Waals surface area contributed by atoms with E-state index in [2.05, 4.69) is 0 Å². The average Bonchev–Trinajstić information content (AvgIpc) is 2.22. The van der Waals surface area contributed by atoms with Crippen molar-refractivity contribution >= 4 is 11.6 Å². The third-order valence-electron chi connectivity index (χ3n) is 2.59. The van der Waals surface area contributed by atoms with E-state index in [1.54, 1.807) is 29.2 Å². The van der Waals surface area contributed by atoms with Gasteiger partial charge in [0.1, 0.15) is 5.75 Å². The lowest BCUT2D eigenvalue weighted by atomic mass is 10.1. The Hall–Kier alpha value is -1.55. The summed E-state index contributed by atoms with van der Waals surface area (Å²) in [5.74, 6) is 0.238. The topological polar surface area (TPSA) is 66.6 Å². The Morgan fingerprint density at radius 3 is 3.00 bits per heavy atom. The maximum absolute atomic E-state index is 11.6. The first-order valence-corrected chi connectivity index (χ1v) is 5.02. The van der Waals surface area contributed by atoms with Gasteiger partial charge in [-0.3, -0.25) is 4.79 Å². The Labute approximate surface area is 88.3 Å². The number of amides is 1. The highest BCUT2D eigenvalue weighted by Gasteiger charge is 2.24. The van der Waals surface area contributed by atoms with Gasteiger partial charge in [0, 0.05) is 30.8 Å². The van der Waals surface area contributed by atoms with E-state index in [0.29, 0.717) is 13.0 Å². The molecular weight excluding hydrogens is 192 g/mol. The van der Waals surface area contributed by atoms with Crippen molar-refractivity contribution in [2.45, 2.75) is 18.9 Å². The highest BCUT2D eigenvalue weighted by Crippen LogP contribution is 2.23. The Bertz CT molecular complexity index is 379. The van der Waals surface area contributed by atoms with Crippen molar-refractivity contribution in [1.82, 2.24) is 0 Å². The van der Waals surface area contributed by atoms with Crippen LogP contribution in [-0.4, -0.2) is 23.6 Å². The largest absolute Gasteiger partial charge is 0.508 e. The van der Waals surface area contributed by atoms with Crippen molar-refractivity contribution in [3.63, 3.8) is 0 Å².